The molecule has 1 nitrogen and oxygen atoms in total. The van der Waals surface area contributed by atoms with Crippen molar-refractivity contribution in [1.82, 2.24) is 0 Å². The summed E-state index contributed by atoms with van der Waals surface area (Å²) >= 11 is 0. The number of rotatable bonds is 3. The Morgan fingerprint density at radius 2 is 1.80 bits per heavy atom. The van der Waals surface area contributed by atoms with Crippen LogP contribution in [0, 0.1) is 0 Å². The van der Waals surface area contributed by atoms with Gasteiger partial charge in [0.1, 0.15) is 0 Å². The Bertz CT molecular complexity index is 446. The van der Waals surface area contributed by atoms with Crippen LogP contribution in [0.25, 0.3) is 10.8 Å². The van der Waals surface area contributed by atoms with E-state index in [2.05, 4.69) is 49.4 Å². The first-order valence-electron chi connectivity index (χ1n) is 5.49. The minimum atomic E-state index is 0.288. The molecule has 0 aromatic heterocycles. The van der Waals surface area contributed by atoms with Crippen LogP contribution < -0.4 is 5.73 Å². The van der Waals surface area contributed by atoms with E-state index in [-0.39, 0.29) is 6.04 Å². The summed E-state index contributed by atoms with van der Waals surface area (Å²) in [7, 11) is 0. The molecule has 0 saturated carbocycles. The maximum Gasteiger partial charge on any atom is 0.00136 e. The molecule has 0 spiro atoms. The largest absolute Gasteiger partial charge is 0.328 e. The van der Waals surface area contributed by atoms with E-state index in [1.54, 1.807) is 0 Å². The van der Waals surface area contributed by atoms with Gasteiger partial charge >= 0.3 is 0 Å². The number of fused-ring (bicyclic) bond motifs is 1. The van der Waals surface area contributed by atoms with E-state index in [1.165, 1.54) is 16.3 Å². The van der Waals surface area contributed by atoms with Crippen molar-refractivity contribution < 1.29 is 0 Å². The summed E-state index contributed by atoms with van der Waals surface area (Å²) in [6.07, 6.45) is 2.13. The number of nitrogens with two attached hydrogens (primary N) is 1. The molecule has 0 amide bonds. The molecule has 0 fully saturated rings. The minimum Gasteiger partial charge on any atom is -0.328 e. The van der Waals surface area contributed by atoms with Gasteiger partial charge < -0.3 is 5.73 Å². The van der Waals surface area contributed by atoms with Gasteiger partial charge in [-0.3, -0.25) is 0 Å². The zero-order valence-corrected chi connectivity index (χ0v) is 9.11. The van der Waals surface area contributed by atoms with Gasteiger partial charge in [-0.2, -0.15) is 0 Å². The molecule has 2 rings (SSSR count). The first-order chi connectivity index (χ1) is 7.25. The third kappa shape index (κ3) is 2.57. The summed E-state index contributed by atoms with van der Waals surface area (Å²) in [5.74, 6) is 0. The molecule has 1 unspecified atom stereocenters. The van der Waals surface area contributed by atoms with Gasteiger partial charge in [-0.25, -0.2) is 0 Å². The molecule has 2 aromatic rings. The third-order valence-electron chi connectivity index (χ3n) is 2.70. The first-order valence-corrected chi connectivity index (χ1v) is 5.49. The van der Waals surface area contributed by atoms with Crippen molar-refractivity contribution in [3.8, 4) is 0 Å². The quantitative estimate of drug-likeness (QED) is 0.807. The van der Waals surface area contributed by atoms with Gasteiger partial charge in [0.15, 0.2) is 0 Å². The average Bonchev–Trinajstić information content (AvgIpc) is 2.26. The Balaban J connectivity index is 2.23. The van der Waals surface area contributed by atoms with Gasteiger partial charge in [-0.15, -0.1) is 0 Å². The van der Waals surface area contributed by atoms with Crippen LogP contribution in [0.2, 0.25) is 0 Å². The topological polar surface area (TPSA) is 26.0 Å². The summed E-state index contributed by atoms with van der Waals surface area (Å²) in [6.45, 7) is 2.06. The highest BCUT2D eigenvalue weighted by Gasteiger charge is 1.98. The van der Waals surface area contributed by atoms with Crippen molar-refractivity contribution in [1.29, 1.82) is 0 Å². The predicted molar refractivity (Wildman–Crippen MR) is 65.9 cm³/mol. The predicted octanol–water partition coefficient (Wildman–Crippen LogP) is 3.12. The Morgan fingerprint density at radius 3 is 2.53 bits per heavy atom. The monoisotopic (exact) mass is 199 g/mol. The molecule has 0 aliphatic heterocycles. The maximum absolute atomic E-state index is 5.75. The van der Waals surface area contributed by atoms with E-state index >= 15 is 0 Å². The van der Waals surface area contributed by atoms with Crippen molar-refractivity contribution in [3.63, 3.8) is 0 Å². The molecule has 2 N–H and O–H groups in total. The lowest BCUT2D eigenvalue weighted by Crippen LogP contribution is -2.15. The van der Waals surface area contributed by atoms with Crippen LogP contribution in [0.4, 0.5) is 0 Å². The highest BCUT2D eigenvalue weighted by Crippen LogP contribution is 2.16. The van der Waals surface area contributed by atoms with E-state index in [4.69, 9.17) is 5.73 Å². The average molecular weight is 199 g/mol. The van der Waals surface area contributed by atoms with Crippen LogP contribution in [0.3, 0.4) is 0 Å². The van der Waals surface area contributed by atoms with Gasteiger partial charge in [0, 0.05) is 6.04 Å². The van der Waals surface area contributed by atoms with Crippen LogP contribution in [-0.4, -0.2) is 6.04 Å². The van der Waals surface area contributed by atoms with Crippen LogP contribution in [0.5, 0.6) is 0 Å². The SMILES string of the molecule is CC(N)CCc1ccc2ccccc2c1. The molecule has 78 valence electrons. The molecule has 0 heterocycles. The van der Waals surface area contributed by atoms with Crippen LogP contribution in [0.1, 0.15) is 18.9 Å². The van der Waals surface area contributed by atoms with E-state index in [9.17, 15) is 0 Å². The fraction of sp³-hybridized carbons (Fsp3) is 0.286. The molecule has 1 heteroatoms. The Kier molecular flexibility index (Phi) is 3.02. The van der Waals surface area contributed by atoms with Gasteiger partial charge in [0.05, 0.1) is 0 Å². The molecule has 2 aromatic carbocycles. The van der Waals surface area contributed by atoms with Crippen molar-refractivity contribution in [2.45, 2.75) is 25.8 Å². The van der Waals surface area contributed by atoms with Crippen molar-refractivity contribution in [3.05, 3.63) is 48.0 Å². The van der Waals surface area contributed by atoms with Crippen LogP contribution in [0.15, 0.2) is 42.5 Å². The zero-order valence-electron chi connectivity index (χ0n) is 9.11. The molecule has 0 bridgehead atoms. The van der Waals surface area contributed by atoms with E-state index in [0.717, 1.165) is 12.8 Å². The lowest BCUT2D eigenvalue weighted by atomic mass is 10.0. The lowest BCUT2D eigenvalue weighted by Gasteiger charge is -2.06. The molecular weight excluding hydrogens is 182 g/mol. The second kappa shape index (κ2) is 4.45. The molecular formula is C14H17N. The summed E-state index contributed by atoms with van der Waals surface area (Å²) in [5.41, 5.74) is 7.13. The number of hydrogen-bond acceptors (Lipinski definition) is 1. The Morgan fingerprint density at radius 1 is 1.07 bits per heavy atom. The minimum absolute atomic E-state index is 0.288. The molecule has 0 radical (unpaired) electrons. The fourth-order valence-corrected chi connectivity index (χ4v) is 1.79. The van der Waals surface area contributed by atoms with Crippen molar-refractivity contribution >= 4 is 10.8 Å². The first kappa shape index (κ1) is 10.2. The Labute approximate surface area is 90.9 Å². The van der Waals surface area contributed by atoms with Gasteiger partial charge in [-0.05, 0) is 36.1 Å². The summed E-state index contributed by atoms with van der Waals surface area (Å²) in [6, 6.07) is 15.4. The number of aryl methyl sites for hydroxylation is 1. The Hall–Kier alpha value is -1.34. The lowest BCUT2D eigenvalue weighted by molar-refractivity contribution is 0.666. The normalized spacial score (nSPS) is 12.9. The summed E-state index contributed by atoms with van der Waals surface area (Å²) in [5, 5.41) is 2.63. The van der Waals surface area contributed by atoms with Crippen LogP contribution in [-0.2, 0) is 6.42 Å². The second-order valence-corrected chi connectivity index (χ2v) is 4.20. The fourth-order valence-electron chi connectivity index (χ4n) is 1.79. The van der Waals surface area contributed by atoms with E-state index in [0.29, 0.717) is 0 Å². The standard InChI is InChI=1S/C14H17N/c1-11(15)6-7-12-8-9-13-4-2-3-5-14(13)10-12/h2-5,8-11H,6-7,15H2,1H3. The maximum atomic E-state index is 5.75. The van der Waals surface area contributed by atoms with E-state index < -0.39 is 0 Å². The van der Waals surface area contributed by atoms with Crippen LogP contribution >= 0.6 is 0 Å². The molecule has 15 heavy (non-hydrogen) atoms. The molecule has 0 saturated heterocycles. The summed E-state index contributed by atoms with van der Waals surface area (Å²) < 4.78 is 0. The number of hydrogen-bond donors (Lipinski definition) is 1. The molecule has 1 atom stereocenters. The highest BCUT2D eigenvalue weighted by molar-refractivity contribution is 5.82. The van der Waals surface area contributed by atoms with Gasteiger partial charge in [0.2, 0.25) is 0 Å². The molecule has 0 aliphatic rings. The van der Waals surface area contributed by atoms with E-state index in [1.807, 2.05) is 0 Å². The smallest absolute Gasteiger partial charge is 0.00136 e. The highest BCUT2D eigenvalue weighted by atomic mass is 14.6. The zero-order chi connectivity index (χ0) is 10.7. The second-order valence-electron chi connectivity index (χ2n) is 4.20. The van der Waals surface area contributed by atoms with Gasteiger partial charge in [-0.1, -0.05) is 42.5 Å². The molecule has 0 aliphatic carbocycles. The van der Waals surface area contributed by atoms with Crippen molar-refractivity contribution in [2.24, 2.45) is 5.73 Å². The van der Waals surface area contributed by atoms with Crippen molar-refractivity contribution in [2.75, 3.05) is 0 Å². The van der Waals surface area contributed by atoms with Gasteiger partial charge in [0.25, 0.3) is 0 Å². The third-order valence-corrected chi connectivity index (χ3v) is 2.70. The summed E-state index contributed by atoms with van der Waals surface area (Å²) in [4.78, 5) is 0. The number of benzene rings is 2.